The van der Waals surface area contributed by atoms with E-state index in [0.29, 0.717) is 25.9 Å². The molecule has 2 aromatic carbocycles. The van der Waals surface area contributed by atoms with Crippen LogP contribution in [0.3, 0.4) is 0 Å². The van der Waals surface area contributed by atoms with E-state index in [1.54, 1.807) is 4.90 Å². The van der Waals surface area contributed by atoms with Crippen molar-refractivity contribution in [1.29, 1.82) is 0 Å². The van der Waals surface area contributed by atoms with Gasteiger partial charge < -0.3 is 15.1 Å². The van der Waals surface area contributed by atoms with Gasteiger partial charge in [-0.2, -0.15) is 0 Å². The van der Waals surface area contributed by atoms with E-state index in [0.717, 1.165) is 11.3 Å². The predicted molar refractivity (Wildman–Crippen MR) is 112 cm³/mol. The third-order valence-corrected chi connectivity index (χ3v) is 5.64. The lowest BCUT2D eigenvalue weighted by atomic mass is 9.94. The number of hydrogen-bond acceptors (Lipinski definition) is 2. The number of rotatable bonds is 4. The summed E-state index contributed by atoms with van der Waals surface area (Å²) in [4.78, 5) is 29.0. The maximum absolute atomic E-state index is 13.0. The highest BCUT2D eigenvalue weighted by molar-refractivity contribution is 5.89. The molecule has 0 bridgehead atoms. The summed E-state index contributed by atoms with van der Waals surface area (Å²) in [6.45, 7) is 5.32. The molecule has 1 unspecified atom stereocenters. The number of piperidine rings is 1. The van der Waals surface area contributed by atoms with Crippen LogP contribution in [0.1, 0.15) is 36.9 Å². The quantitative estimate of drug-likeness (QED) is 0.853. The Bertz CT molecular complexity index is 796. The van der Waals surface area contributed by atoms with Crippen LogP contribution in [0.25, 0.3) is 0 Å². The first-order valence-corrected chi connectivity index (χ1v) is 9.90. The van der Waals surface area contributed by atoms with Crippen molar-refractivity contribution in [3.63, 3.8) is 0 Å². The average molecular weight is 380 g/mol. The third-order valence-electron chi connectivity index (χ3n) is 5.64. The van der Waals surface area contributed by atoms with Gasteiger partial charge in [-0.15, -0.1) is 0 Å². The molecule has 0 aromatic heterocycles. The number of benzene rings is 2. The zero-order valence-corrected chi connectivity index (χ0v) is 16.9. The van der Waals surface area contributed by atoms with Crippen LogP contribution in [-0.4, -0.2) is 41.9 Å². The minimum atomic E-state index is -0.0986. The van der Waals surface area contributed by atoms with Gasteiger partial charge in [0.15, 0.2) is 0 Å². The van der Waals surface area contributed by atoms with Gasteiger partial charge in [0.1, 0.15) is 0 Å². The number of nitrogens with zero attached hydrogens (tertiary/aromatic N) is 2. The monoisotopic (exact) mass is 379 g/mol. The van der Waals surface area contributed by atoms with Crippen LogP contribution in [0, 0.1) is 12.8 Å². The molecule has 0 spiro atoms. The number of para-hydroxylation sites is 1. The zero-order chi connectivity index (χ0) is 20.1. The van der Waals surface area contributed by atoms with Gasteiger partial charge in [-0.05, 0) is 44.4 Å². The molecule has 1 N–H and O–H groups in total. The van der Waals surface area contributed by atoms with Crippen molar-refractivity contribution in [3.05, 3.63) is 65.7 Å². The van der Waals surface area contributed by atoms with Crippen LogP contribution in [0.15, 0.2) is 54.6 Å². The molecule has 1 heterocycles. The molecule has 0 radical (unpaired) electrons. The Morgan fingerprint density at radius 1 is 1.04 bits per heavy atom. The van der Waals surface area contributed by atoms with Crippen molar-refractivity contribution in [1.82, 2.24) is 9.80 Å². The molecular formula is C23H29N3O2. The van der Waals surface area contributed by atoms with Crippen molar-refractivity contribution in [2.75, 3.05) is 25.5 Å². The second kappa shape index (κ2) is 8.91. The van der Waals surface area contributed by atoms with Crippen molar-refractivity contribution in [2.45, 2.75) is 32.7 Å². The van der Waals surface area contributed by atoms with Gasteiger partial charge >= 0.3 is 6.03 Å². The summed E-state index contributed by atoms with van der Waals surface area (Å²) in [6, 6.07) is 17.7. The fraction of sp³-hybridized carbons (Fsp3) is 0.391. The topological polar surface area (TPSA) is 52.7 Å². The highest BCUT2D eigenvalue weighted by atomic mass is 16.2. The highest BCUT2D eigenvalue weighted by Crippen LogP contribution is 2.25. The molecule has 1 aliphatic heterocycles. The fourth-order valence-corrected chi connectivity index (χ4v) is 3.60. The Balaban J connectivity index is 1.52. The van der Waals surface area contributed by atoms with Gasteiger partial charge in [-0.3, -0.25) is 4.79 Å². The summed E-state index contributed by atoms with van der Waals surface area (Å²) in [7, 11) is 1.88. The van der Waals surface area contributed by atoms with E-state index in [4.69, 9.17) is 0 Å². The number of urea groups is 1. The van der Waals surface area contributed by atoms with Gasteiger partial charge in [0.2, 0.25) is 5.91 Å². The maximum Gasteiger partial charge on any atom is 0.321 e. The second-order valence-electron chi connectivity index (χ2n) is 7.59. The summed E-state index contributed by atoms with van der Waals surface area (Å²) < 4.78 is 0. The fourth-order valence-electron chi connectivity index (χ4n) is 3.60. The highest BCUT2D eigenvalue weighted by Gasteiger charge is 2.30. The van der Waals surface area contributed by atoms with Crippen LogP contribution in [0.5, 0.6) is 0 Å². The molecule has 1 saturated heterocycles. The van der Waals surface area contributed by atoms with Crippen LogP contribution < -0.4 is 5.32 Å². The minimum absolute atomic E-state index is 0.0290. The number of carbonyl (C=O) groups is 2. The van der Waals surface area contributed by atoms with Gasteiger partial charge in [-0.1, -0.05) is 48.0 Å². The van der Waals surface area contributed by atoms with Crippen LogP contribution >= 0.6 is 0 Å². The molecule has 5 nitrogen and oxygen atoms in total. The van der Waals surface area contributed by atoms with Crippen LogP contribution in [0.2, 0.25) is 0 Å². The predicted octanol–water partition coefficient (Wildman–Crippen LogP) is 4.46. The van der Waals surface area contributed by atoms with Crippen molar-refractivity contribution in [2.24, 2.45) is 5.92 Å². The normalized spacial score (nSPS) is 15.8. The second-order valence-corrected chi connectivity index (χ2v) is 7.59. The largest absolute Gasteiger partial charge is 0.339 e. The maximum atomic E-state index is 13.0. The van der Waals surface area contributed by atoms with E-state index in [1.165, 1.54) is 5.56 Å². The molecule has 1 fully saturated rings. The molecule has 3 amide bonds. The van der Waals surface area contributed by atoms with Crippen LogP contribution in [0.4, 0.5) is 10.5 Å². The molecular weight excluding hydrogens is 350 g/mol. The first-order valence-electron chi connectivity index (χ1n) is 9.90. The molecule has 1 aliphatic rings. The average Bonchev–Trinajstić information content (AvgIpc) is 2.73. The zero-order valence-electron chi connectivity index (χ0n) is 16.9. The lowest BCUT2D eigenvalue weighted by molar-refractivity contribution is -0.137. The van der Waals surface area contributed by atoms with E-state index in [2.05, 4.69) is 43.4 Å². The Kier molecular flexibility index (Phi) is 6.34. The number of nitrogens with one attached hydrogen (secondary N) is 1. The number of likely N-dealkylation sites (tertiary alicyclic amines) is 1. The summed E-state index contributed by atoms with van der Waals surface area (Å²) in [5.41, 5.74) is 3.14. The lowest BCUT2D eigenvalue weighted by Crippen LogP contribution is -2.45. The van der Waals surface area contributed by atoms with Crippen LogP contribution in [-0.2, 0) is 4.79 Å². The first kappa shape index (κ1) is 19.9. The summed E-state index contributed by atoms with van der Waals surface area (Å²) in [5, 5.41) is 2.91. The summed E-state index contributed by atoms with van der Waals surface area (Å²) in [6.07, 6.45) is 1.40. The van der Waals surface area contributed by atoms with E-state index in [1.807, 2.05) is 42.3 Å². The Labute approximate surface area is 167 Å². The number of anilines is 1. The van der Waals surface area contributed by atoms with Crippen molar-refractivity contribution in [3.8, 4) is 0 Å². The molecule has 2 aromatic rings. The van der Waals surface area contributed by atoms with Gasteiger partial charge in [-0.25, -0.2) is 4.79 Å². The Morgan fingerprint density at radius 3 is 2.25 bits per heavy atom. The number of aryl methyl sites for hydroxylation is 1. The van der Waals surface area contributed by atoms with E-state index < -0.39 is 0 Å². The summed E-state index contributed by atoms with van der Waals surface area (Å²) >= 11 is 0. The molecule has 148 valence electrons. The SMILES string of the molecule is Cc1ccc(C(C)N(C)C(=O)C2CCN(C(=O)Nc3ccccc3)CC2)cc1. The van der Waals surface area contributed by atoms with Gasteiger partial charge in [0, 0.05) is 31.7 Å². The lowest BCUT2D eigenvalue weighted by Gasteiger charge is -2.35. The molecule has 0 aliphatic carbocycles. The number of carbonyl (C=O) groups excluding carboxylic acids is 2. The molecule has 5 heteroatoms. The Morgan fingerprint density at radius 2 is 1.64 bits per heavy atom. The molecule has 1 atom stereocenters. The van der Waals surface area contributed by atoms with Gasteiger partial charge in [0.25, 0.3) is 0 Å². The van der Waals surface area contributed by atoms with E-state index >= 15 is 0 Å². The molecule has 28 heavy (non-hydrogen) atoms. The standard InChI is InChI=1S/C23H29N3O2/c1-17-9-11-19(12-10-17)18(2)25(3)22(27)20-13-15-26(16-14-20)23(28)24-21-7-5-4-6-8-21/h4-12,18,20H,13-16H2,1-3H3,(H,24,28). The van der Waals surface area contributed by atoms with Crippen molar-refractivity contribution >= 4 is 17.6 Å². The summed E-state index contributed by atoms with van der Waals surface area (Å²) in [5.74, 6) is 0.134. The van der Waals surface area contributed by atoms with Crippen molar-refractivity contribution < 1.29 is 9.59 Å². The molecule has 0 saturated carbocycles. The van der Waals surface area contributed by atoms with E-state index in [9.17, 15) is 9.59 Å². The number of hydrogen-bond donors (Lipinski definition) is 1. The third kappa shape index (κ3) is 4.71. The first-order chi connectivity index (χ1) is 13.5. The van der Waals surface area contributed by atoms with E-state index in [-0.39, 0.29) is 23.9 Å². The molecule has 3 rings (SSSR count). The Hall–Kier alpha value is -2.82. The number of amides is 3. The minimum Gasteiger partial charge on any atom is -0.339 e. The van der Waals surface area contributed by atoms with Gasteiger partial charge in [0.05, 0.1) is 6.04 Å². The smallest absolute Gasteiger partial charge is 0.321 e.